The molecule has 2 rings (SSSR count). The molecular weight excluding hydrogens is 338 g/mol. The minimum atomic E-state index is -0.639. The molecule has 1 N–H and O–H groups in total. The van der Waals surface area contributed by atoms with Gasteiger partial charge in [0.25, 0.3) is 0 Å². The van der Waals surface area contributed by atoms with Gasteiger partial charge in [-0.2, -0.15) is 0 Å². The molecule has 0 aliphatic carbocycles. The second-order valence-corrected chi connectivity index (χ2v) is 5.14. The lowest BCUT2D eigenvalue weighted by Crippen LogP contribution is -2.04. The number of furan rings is 1. The van der Waals surface area contributed by atoms with E-state index >= 15 is 0 Å². The molecule has 0 bridgehead atoms. The molecule has 0 amide bonds. The van der Waals surface area contributed by atoms with Crippen LogP contribution >= 0.6 is 31.9 Å². The molecule has 1 unspecified atom stereocenters. The van der Waals surface area contributed by atoms with E-state index in [9.17, 15) is 5.11 Å². The van der Waals surface area contributed by atoms with Crippen molar-refractivity contribution in [2.24, 2.45) is 0 Å². The van der Waals surface area contributed by atoms with Crippen molar-refractivity contribution in [2.75, 3.05) is 0 Å². The van der Waals surface area contributed by atoms with Crippen LogP contribution in [0.5, 0.6) is 0 Å². The number of hydrogen-bond acceptors (Lipinski definition) is 3. The third-order valence-electron chi connectivity index (χ3n) is 2.16. The largest absolute Gasteiger partial charge is 0.472 e. The molecule has 5 heteroatoms. The Bertz CT molecular complexity index is 471. The number of nitrogens with zero attached hydrogens (tertiary/aromatic N) is 1. The molecule has 1 atom stereocenters. The summed E-state index contributed by atoms with van der Waals surface area (Å²) in [5.74, 6) is 0. The van der Waals surface area contributed by atoms with Crippen LogP contribution in [0.4, 0.5) is 0 Å². The first-order valence-electron chi connectivity index (χ1n) is 4.67. The Balaban J connectivity index is 2.17. The number of hydrogen-bond donors (Lipinski definition) is 1. The lowest BCUT2D eigenvalue weighted by atomic mass is 10.1. The third kappa shape index (κ3) is 2.72. The molecule has 0 aliphatic rings. The standard InChI is InChI=1S/C11H9Br2NO2/c12-8-4-9(13)11(14-5-8)10(15)3-7-1-2-16-6-7/h1-2,4-6,10,15H,3H2. The van der Waals surface area contributed by atoms with Crippen LogP contribution in [0.2, 0.25) is 0 Å². The molecule has 0 spiro atoms. The monoisotopic (exact) mass is 345 g/mol. The zero-order chi connectivity index (χ0) is 11.5. The van der Waals surface area contributed by atoms with Gasteiger partial charge in [0.1, 0.15) is 6.10 Å². The van der Waals surface area contributed by atoms with E-state index in [-0.39, 0.29) is 0 Å². The fraction of sp³-hybridized carbons (Fsp3) is 0.182. The fourth-order valence-electron chi connectivity index (χ4n) is 1.40. The minimum Gasteiger partial charge on any atom is -0.472 e. The molecule has 0 saturated heterocycles. The van der Waals surface area contributed by atoms with E-state index in [0.29, 0.717) is 12.1 Å². The van der Waals surface area contributed by atoms with Crippen LogP contribution in [0.15, 0.2) is 44.2 Å². The second kappa shape index (κ2) is 5.12. The number of halogens is 2. The molecule has 3 nitrogen and oxygen atoms in total. The number of aliphatic hydroxyl groups is 1. The molecular formula is C11H9Br2NO2. The first-order valence-corrected chi connectivity index (χ1v) is 6.25. The molecule has 0 radical (unpaired) electrons. The van der Waals surface area contributed by atoms with E-state index in [4.69, 9.17) is 4.42 Å². The van der Waals surface area contributed by atoms with Gasteiger partial charge in [-0.05, 0) is 49.6 Å². The van der Waals surface area contributed by atoms with E-state index in [1.807, 2.05) is 12.1 Å². The van der Waals surface area contributed by atoms with Gasteiger partial charge in [-0.1, -0.05) is 0 Å². The van der Waals surface area contributed by atoms with Crippen LogP contribution in [0.25, 0.3) is 0 Å². The summed E-state index contributed by atoms with van der Waals surface area (Å²) in [7, 11) is 0. The number of aromatic nitrogens is 1. The van der Waals surface area contributed by atoms with Crippen molar-refractivity contribution < 1.29 is 9.52 Å². The summed E-state index contributed by atoms with van der Waals surface area (Å²) in [6.07, 6.45) is 4.73. The van der Waals surface area contributed by atoms with Crippen molar-refractivity contribution in [3.63, 3.8) is 0 Å². The Kier molecular flexibility index (Phi) is 3.78. The second-order valence-electron chi connectivity index (χ2n) is 3.37. The average Bonchev–Trinajstić information content (AvgIpc) is 2.70. The number of aliphatic hydroxyl groups excluding tert-OH is 1. The zero-order valence-corrected chi connectivity index (χ0v) is 11.4. The smallest absolute Gasteiger partial charge is 0.101 e. The van der Waals surface area contributed by atoms with E-state index < -0.39 is 6.10 Å². The lowest BCUT2D eigenvalue weighted by molar-refractivity contribution is 0.172. The zero-order valence-electron chi connectivity index (χ0n) is 8.23. The third-order valence-corrected chi connectivity index (χ3v) is 3.23. The summed E-state index contributed by atoms with van der Waals surface area (Å²) in [6, 6.07) is 3.69. The molecule has 0 aromatic carbocycles. The van der Waals surface area contributed by atoms with Crippen LogP contribution in [0.3, 0.4) is 0 Å². The van der Waals surface area contributed by atoms with Gasteiger partial charge in [-0.3, -0.25) is 4.98 Å². The van der Waals surface area contributed by atoms with Crippen LogP contribution in [0.1, 0.15) is 17.4 Å². The summed E-state index contributed by atoms with van der Waals surface area (Å²) in [5.41, 5.74) is 1.58. The topological polar surface area (TPSA) is 46.3 Å². The fourth-order valence-corrected chi connectivity index (χ4v) is 2.65. The van der Waals surface area contributed by atoms with Gasteiger partial charge in [0.15, 0.2) is 0 Å². The van der Waals surface area contributed by atoms with Crippen molar-refractivity contribution in [1.82, 2.24) is 4.98 Å². The van der Waals surface area contributed by atoms with Crippen molar-refractivity contribution in [1.29, 1.82) is 0 Å². The highest BCUT2D eigenvalue weighted by atomic mass is 79.9. The molecule has 0 saturated carbocycles. The van der Waals surface area contributed by atoms with Gasteiger partial charge in [0.05, 0.1) is 18.2 Å². The van der Waals surface area contributed by atoms with Crippen molar-refractivity contribution in [2.45, 2.75) is 12.5 Å². The predicted molar refractivity (Wildman–Crippen MR) is 67.0 cm³/mol. The van der Waals surface area contributed by atoms with Gasteiger partial charge < -0.3 is 9.52 Å². The van der Waals surface area contributed by atoms with Gasteiger partial charge in [0, 0.05) is 21.6 Å². The molecule has 0 aliphatic heterocycles. The molecule has 16 heavy (non-hydrogen) atoms. The number of rotatable bonds is 3. The maximum absolute atomic E-state index is 10.0. The Morgan fingerprint density at radius 2 is 2.25 bits per heavy atom. The van der Waals surface area contributed by atoms with Gasteiger partial charge in [-0.15, -0.1) is 0 Å². The summed E-state index contributed by atoms with van der Waals surface area (Å²) < 4.78 is 6.61. The van der Waals surface area contributed by atoms with Crippen LogP contribution in [-0.2, 0) is 6.42 Å². The van der Waals surface area contributed by atoms with Gasteiger partial charge >= 0.3 is 0 Å². The van der Waals surface area contributed by atoms with Gasteiger partial charge in [-0.25, -0.2) is 0 Å². The van der Waals surface area contributed by atoms with E-state index in [0.717, 1.165) is 14.5 Å². The highest BCUT2D eigenvalue weighted by Crippen LogP contribution is 2.26. The van der Waals surface area contributed by atoms with Crippen LogP contribution in [-0.4, -0.2) is 10.1 Å². The molecule has 2 heterocycles. The average molecular weight is 347 g/mol. The lowest BCUT2D eigenvalue weighted by Gasteiger charge is -2.10. The normalized spacial score (nSPS) is 12.7. The first-order chi connectivity index (χ1) is 7.66. The van der Waals surface area contributed by atoms with E-state index in [1.165, 1.54) is 0 Å². The SMILES string of the molecule is OC(Cc1ccoc1)c1ncc(Br)cc1Br. The summed E-state index contributed by atoms with van der Waals surface area (Å²) in [6.45, 7) is 0. The minimum absolute atomic E-state index is 0.490. The maximum Gasteiger partial charge on any atom is 0.101 e. The molecule has 84 valence electrons. The first kappa shape index (κ1) is 11.8. The van der Waals surface area contributed by atoms with Crippen LogP contribution in [0, 0.1) is 0 Å². The highest BCUT2D eigenvalue weighted by Gasteiger charge is 2.14. The number of pyridine rings is 1. The van der Waals surface area contributed by atoms with E-state index in [1.54, 1.807) is 18.7 Å². The molecule has 0 fully saturated rings. The summed E-state index contributed by atoms with van der Waals surface area (Å²) in [4.78, 5) is 4.18. The summed E-state index contributed by atoms with van der Waals surface area (Å²) >= 11 is 6.69. The van der Waals surface area contributed by atoms with Gasteiger partial charge in [0.2, 0.25) is 0 Å². The Labute approximate surface area is 110 Å². The molecule has 2 aromatic rings. The van der Waals surface area contributed by atoms with Crippen molar-refractivity contribution >= 4 is 31.9 Å². The Morgan fingerprint density at radius 1 is 1.44 bits per heavy atom. The van der Waals surface area contributed by atoms with Crippen molar-refractivity contribution in [3.8, 4) is 0 Å². The van der Waals surface area contributed by atoms with E-state index in [2.05, 4.69) is 36.8 Å². The Morgan fingerprint density at radius 3 is 2.88 bits per heavy atom. The maximum atomic E-state index is 10.0. The van der Waals surface area contributed by atoms with Crippen molar-refractivity contribution in [3.05, 3.63) is 51.1 Å². The highest BCUT2D eigenvalue weighted by molar-refractivity contribution is 9.11. The Hall–Kier alpha value is -0.650. The summed E-state index contributed by atoms with van der Waals surface area (Å²) in [5, 5.41) is 10.0. The molecule has 2 aromatic heterocycles. The van der Waals surface area contributed by atoms with Crippen LogP contribution < -0.4 is 0 Å². The predicted octanol–water partition coefficient (Wildman–Crippen LogP) is 3.48. The quantitative estimate of drug-likeness (QED) is 0.925.